The maximum Gasteiger partial charge on any atom is 0.250 e. The van der Waals surface area contributed by atoms with Crippen molar-refractivity contribution < 1.29 is 9.59 Å². The van der Waals surface area contributed by atoms with Gasteiger partial charge in [-0.05, 0) is 68.4 Å². The highest BCUT2D eigenvalue weighted by molar-refractivity contribution is 6.04. The Hall–Kier alpha value is -1.84. The topological polar surface area (TPSA) is 72.2 Å². The smallest absolute Gasteiger partial charge is 0.250 e. The van der Waals surface area contributed by atoms with Gasteiger partial charge in [-0.3, -0.25) is 9.59 Å². The van der Waals surface area contributed by atoms with E-state index in [0.29, 0.717) is 11.3 Å². The summed E-state index contributed by atoms with van der Waals surface area (Å²) >= 11 is 0. The lowest BCUT2D eigenvalue weighted by atomic mass is 9.49. The lowest BCUT2D eigenvalue weighted by molar-refractivity contribution is -0.140. The van der Waals surface area contributed by atoms with E-state index in [4.69, 9.17) is 5.73 Å². The van der Waals surface area contributed by atoms with Gasteiger partial charge in [0.25, 0.3) is 5.91 Å². The Labute approximate surface area is 130 Å². The third kappa shape index (κ3) is 2.13. The highest BCUT2D eigenvalue weighted by Gasteiger charge is 2.54. The Morgan fingerprint density at radius 2 is 1.55 bits per heavy atom. The number of nitrogens with two attached hydrogens (primary N) is 1. The molecular formula is C18H22N2O2. The van der Waals surface area contributed by atoms with Crippen molar-refractivity contribution in [1.82, 2.24) is 0 Å². The first kappa shape index (κ1) is 13.8. The zero-order valence-corrected chi connectivity index (χ0v) is 12.7. The Morgan fingerprint density at radius 3 is 2.09 bits per heavy atom. The molecule has 0 atom stereocenters. The molecule has 0 unspecified atom stereocenters. The summed E-state index contributed by atoms with van der Waals surface area (Å²) in [6.07, 6.45) is 6.98. The second-order valence-corrected chi connectivity index (χ2v) is 7.56. The number of benzene rings is 1. The molecule has 0 saturated heterocycles. The van der Waals surface area contributed by atoms with Gasteiger partial charge in [-0.1, -0.05) is 12.1 Å². The van der Waals surface area contributed by atoms with Gasteiger partial charge in [0.15, 0.2) is 0 Å². The molecule has 0 aliphatic heterocycles. The molecule has 2 amide bonds. The van der Waals surface area contributed by atoms with Crippen LogP contribution in [-0.4, -0.2) is 11.8 Å². The summed E-state index contributed by atoms with van der Waals surface area (Å²) < 4.78 is 0. The average molecular weight is 298 g/mol. The van der Waals surface area contributed by atoms with E-state index in [1.54, 1.807) is 18.2 Å². The monoisotopic (exact) mass is 298 g/mol. The van der Waals surface area contributed by atoms with E-state index in [1.165, 1.54) is 19.3 Å². The van der Waals surface area contributed by atoms with Crippen molar-refractivity contribution in [3.8, 4) is 0 Å². The summed E-state index contributed by atoms with van der Waals surface area (Å²) in [6.45, 7) is 0. The SMILES string of the molecule is NC(=O)c1ccccc1NC(=O)C12CC3CC(CC(C3)C1)C2. The van der Waals surface area contributed by atoms with Crippen LogP contribution in [0.2, 0.25) is 0 Å². The van der Waals surface area contributed by atoms with E-state index in [-0.39, 0.29) is 11.3 Å². The van der Waals surface area contributed by atoms with Crippen molar-refractivity contribution >= 4 is 17.5 Å². The van der Waals surface area contributed by atoms with Crippen LogP contribution in [0.4, 0.5) is 5.69 Å². The quantitative estimate of drug-likeness (QED) is 0.900. The highest BCUT2D eigenvalue weighted by Crippen LogP contribution is 2.60. The van der Waals surface area contributed by atoms with Gasteiger partial charge in [0.2, 0.25) is 5.91 Å². The number of hydrogen-bond acceptors (Lipinski definition) is 2. The van der Waals surface area contributed by atoms with E-state index < -0.39 is 5.91 Å². The zero-order valence-electron chi connectivity index (χ0n) is 12.7. The summed E-state index contributed by atoms with van der Waals surface area (Å²) in [6, 6.07) is 7.01. The number of rotatable bonds is 3. The van der Waals surface area contributed by atoms with Crippen molar-refractivity contribution in [2.75, 3.05) is 5.32 Å². The van der Waals surface area contributed by atoms with Gasteiger partial charge in [-0.25, -0.2) is 0 Å². The molecule has 4 nitrogen and oxygen atoms in total. The van der Waals surface area contributed by atoms with Gasteiger partial charge in [-0.2, -0.15) is 0 Å². The van der Waals surface area contributed by atoms with Crippen LogP contribution in [0.5, 0.6) is 0 Å². The summed E-state index contributed by atoms with van der Waals surface area (Å²) in [5, 5.41) is 3.01. The minimum absolute atomic E-state index is 0.0975. The molecule has 1 aromatic carbocycles. The van der Waals surface area contributed by atoms with E-state index in [1.807, 2.05) is 6.07 Å². The van der Waals surface area contributed by atoms with Crippen molar-refractivity contribution in [3.63, 3.8) is 0 Å². The van der Waals surface area contributed by atoms with Gasteiger partial charge >= 0.3 is 0 Å². The standard InChI is InChI=1S/C18H22N2O2/c19-16(21)14-3-1-2-4-15(14)20-17(22)18-8-11-5-12(9-18)7-13(6-11)10-18/h1-4,11-13H,5-10H2,(H2,19,21)(H,20,22). The van der Waals surface area contributed by atoms with Crippen LogP contribution < -0.4 is 11.1 Å². The number of carbonyl (C=O) groups is 2. The molecule has 0 aromatic heterocycles. The summed E-state index contributed by atoms with van der Waals surface area (Å²) in [4.78, 5) is 24.5. The van der Waals surface area contributed by atoms with Crippen LogP contribution in [0.3, 0.4) is 0 Å². The van der Waals surface area contributed by atoms with Crippen LogP contribution in [0.25, 0.3) is 0 Å². The van der Waals surface area contributed by atoms with E-state index in [9.17, 15) is 9.59 Å². The Kier molecular flexibility index (Phi) is 3.03. The fourth-order valence-electron chi connectivity index (χ4n) is 5.45. The molecule has 0 heterocycles. The van der Waals surface area contributed by atoms with Gasteiger partial charge in [0.05, 0.1) is 16.7 Å². The van der Waals surface area contributed by atoms with Crippen LogP contribution in [0.15, 0.2) is 24.3 Å². The molecule has 4 aliphatic carbocycles. The van der Waals surface area contributed by atoms with Crippen LogP contribution >= 0.6 is 0 Å². The fourth-order valence-corrected chi connectivity index (χ4v) is 5.45. The zero-order chi connectivity index (χ0) is 15.3. The van der Waals surface area contributed by atoms with Crippen LogP contribution in [-0.2, 0) is 4.79 Å². The van der Waals surface area contributed by atoms with E-state index in [2.05, 4.69) is 5.32 Å². The maximum atomic E-state index is 13.0. The molecular weight excluding hydrogens is 276 g/mol. The summed E-state index contributed by atoms with van der Waals surface area (Å²) in [5.74, 6) is 1.77. The van der Waals surface area contributed by atoms with Crippen molar-refractivity contribution in [3.05, 3.63) is 29.8 Å². The Balaban J connectivity index is 1.59. The molecule has 4 heteroatoms. The van der Waals surface area contributed by atoms with E-state index in [0.717, 1.165) is 37.0 Å². The average Bonchev–Trinajstić information content (AvgIpc) is 2.46. The summed E-state index contributed by atoms with van der Waals surface area (Å²) in [5.41, 5.74) is 6.14. The Morgan fingerprint density at radius 1 is 1.00 bits per heavy atom. The molecule has 116 valence electrons. The van der Waals surface area contributed by atoms with Crippen molar-refractivity contribution in [2.24, 2.45) is 28.9 Å². The second-order valence-electron chi connectivity index (χ2n) is 7.56. The highest BCUT2D eigenvalue weighted by atomic mass is 16.2. The Bertz CT molecular complexity index is 602. The van der Waals surface area contributed by atoms with Crippen LogP contribution in [0.1, 0.15) is 48.9 Å². The minimum atomic E-state index is -0.499. The third-order valence-electron chi connectivity index (χ3n) is 5.96. The number of carbonyl (C=O) groups excluding carboxylic acids is 2. The molecule has 5 rings (SSSR count). The molecule has 0 radical (unpaired) electrons. The number of nitrogens with one attached hydrogen (secondary N) is 1. The predicted octanol–water partition coefficient (Wildman–Crippen LogP) is 2.94. The normalized spacial score (nSPS) is 35.4. The maximum absolute atomic E-state index is 13.0. The number of para-hydroxylation sites is 1. The van der Waals surface area contributed by atoms with Gasteiger partial charge in [-0.15, -0.1) is 0 Å². The summed E-state index contributed by atoms with van der Waals surface area (Å²) in [7, 11) is 0. The van der Waals surface area contributed by atoms with E-state index >= 15 is 0 Å². The lowest BCUT2D eigenvalue weighted by Gasteiger charge is -2.55. The molecule has 4 fully saturated rings. The minimum Gasteiger partial charge on any atom is -0.366 e. The third-order valence-corrected chi connectivity index (χ3v) is 5.96. The number of anilines is 1. The first-order valence-corrected chi connectivity index (χ1v) is 8.26. The van der Waals surface area contributed by atoms with Gasteiger partial charge in [0, 0.05) is 0 Å². The van der Waals surface area contributed by atoms with Gasteiger partial charge < -0.3 is 11.1 Å². The second kappa shape index (κ2) is 4.83. The number of amides is 2. The first-order chi connectivity index (χ1) is 10.6. The number of hydrogen-bond donors (Lipinski definition) is 2. The lowest BCUT2D eigenvalue weighted by Crippen LogP contribution is -2.51. The number of primary amides is 1. The molecule has 3 N–H and O–H groups in total. The molecule has 4 saturated carbocycles. The molecule has 22 heavy (non-hydrogen) atoms. The molecule has 0 spiro atoms. The van der Waals surface area contributed by atoms with Gasteiger partial charge in [0.1, 0.15) is 0 Å². The largest absolute Gasteiger partial charge is 0.366 e. The fraction of sp³-hybridized carbons (Fsp3) is 0.556. The predicted molar refractivity (Wildman–Crippen MR) is 84.2 cm³/mol. The van der Waals surface area contributed by atoms with Crippen molar-refractivity contribution in [2.45, 2.75) is 38.5 Å². The van der Waals surface area contributed by atoms with Crippen molar-refractivity contribution in [1.29, 1.82) is 0 Å². The molecule has 4 aliphatic rings. The first-order valence-electron chi connectivity index (χ1n) is 8.26. The van der Waals surface area contributed by atoms with Crippen LogP contribution in [0, 0.1) is 23.2 Å². The molecule has 1 aromatic rings. The molecule has 4 bridgehead atoms.